The zero-order valence-electron chi connectivity index (χ0n) is 11.5. The van der Waals surface area contributed by atoms with Gasteiger partial charge in [0.2, 0.25) is 0 Å². The van der Waals surface area contributed by atoms with Crippen molar-refractivity contribution in [3.05, 3.63) is 58.1 Å². The van der Waals surface area contributed by atoms with Crippen molar-refractivity contribution in [3.63, 3.8) is 0 Å². The van der Waals surface area contributed by atoms with Crippen molar-refractivity contribution in [2.45, 2.75) is 12.8 Å². The Labute approximate surface area is 134 Å². The number of rotatable bonds is 2. The lowest BCUT2D eigenvalue weighted by Gasteiger charge is -2.19. The van der Waals surface area contributed by atoms with E-state index in [1.165, 1.54) is 0 Å². The van der Waals surface area contributed by atoms with Crippen LogP contribution in [0.3, 0.4) is 0 Å². The molecule has 1 saturated heterocycles. The fourth-order valence-corrected chi connectivity index (χ4v) is 3.33. The molecule has 0 N–H and O–H groups in total. The number of amides is 1. The molecule has 0 unspecified atom stereocenters. The van der Waals surface area contributed by atoms with E-state index >= 15 is 0 Å². The van der Waals surface area contributed by atoms with E-state index in [2.05, 4.69) is 0 Å². The molecule has 0 radical (unpaired) electrons. The monoisotopic (exact) mass is 319 g/mol. The average Bonchev–Trinajstić information content (AvgIpc) is 3.00. The maximum atomic E-state index is 12.8. The van der Waals surface area contributed by atoms with Crippen LogP contribution < -0.4 is 0 Å². The van der Waals surface area contributed by atoms with Gasteiger partial charge in [-0.05, 0) is 30.5 Å². The van der Waals surface area contributed by atoms with Crippen LogP contribution in [0.15, 0.2) is 42.5 Å². The highest BCUT2D eigenvalue weighted by atomic mass is 35.5. The minimum Gasteiger partial charge on any atom is -0.339 e. The number of carbonyl (C=O) groups is 1. The topological polar surface area (TPSA) is 20.3 Å². The maximum absolute atomic E-state index is 12.8. The van der Waals surface area contributed by atoms with Crippen LogP contribution in [0.2, 0.25) is 10.0 Å². The van der Waals surface area contributed by atoms with E-state index in [9.17, 15) is 4.79 Å². The van der Waals surface area contributed by atoms with Crippen LogP contribution in [0.1, 0.15) is 23.2 Å². The molecule has 0 spiro atoms. The fourth-order valence-electron chi connectivity index (χ4n) is 2.73. The van der Waals surface area contributed by atoms with Gasteiger partial charge < -0.3 is 4.90 Å². The summed E-state index contributed by atoms with van der Waals surface area (Å²) < 4.78 is 0. The number of hydrogen-bond acceptors (Lipinski definition) is 1. The molecule has 1 heterocycles. The Balaban J connectivity index is 2.12. The molecule has 1 fully saturated rings. The first kappa shape index (κ1) is 14.4. The molecule has 2 nitrogen and oxygen atoms in total. The van der Waals surface area contributed by atoms with Crippen molar-refractivity contribution in [3.8, 4) is 11.1 Å². The van der Waals surface area contributed by atoms with Crippen molar-refractivity contribution in [2.75, 3.05) is 13.1 Å². The Kier molecular flexibility index (Phi) is 4.18. The van der Waals surface area contributed by atoms with Crippen molar-refractivity contribution in [1.82, 2.24) is 4.90 Å². The molecule has 2 aromatic carbocycles. The van der Waals surface area contributed by atoms with Gasteiger partial charge in [0.25, 0.3) is 5.91 Å². The molecule has 0 aliphatic carbocycles. The SMILES string of the molecule is O=C(c1cc(Cl)cc(Cl)c1-c1ccccc1)N1CCCC1. The Morgan fingerprint density at radius 2 is 1.67 bits per heavy atom. The third kappa shape index (κ3) is 2.92. The molecule has 21 heavy (non-hydrogen) atoms. The standard InChI is InChI=1S/C17H15Cl2NO/c18-13-10-14(17(21)20-8-4-5-9-20)16(15(19)11-13)12-6-2-1-3-7-12/h1-3,6-7,10-11H,4-5,8-9H2. The Hall–Kier alpha value is -1.51. The Morgan fingerprint density at radius 3 is 2.33 bits per heavy atom. The highest BCUT2D eigenvalue weighted by molar-refractivity contribution is 6.37. The summed E-state index contributed by atoms with van der Waals surface area (Å²) in [6.07, 6.45) is 2.11. The summed E-state index contributed by atoms with van der Waals surface area (Å²) in [6.45, 7) is 1.61. The van der Waals surface area contributed by atoms with Crippen LogP contribution in [-0.4, -0.2) is 23.9 Å². The molecule has 2 aromatic rings. The number of hydrogen-bond donors (Lipinski definition) is 0. The van der Waals surface area contributed by atoms with Crippen molar-refractivity contribution in [1.29, 1.82) is 0 Å². The van der Waals surface area contributed by atoms with E-state index in [0.717, 1.165) is 37.1 Å². The van der Waals surface area contributed by atoms with E-state index in [0.29, 0.717) is 15.6 Å². The third-order valence-corrected chi connectivity index (χ3v) is 4.26. The number of carbonyl (C=O) groups excluding carboxylic acids is 1. The summed E-state index contributed by atoms with van der Waals surface area (Å²) in [4.78, 5) is 14.6. The minimum atomic E-state index is 0.00996. The van der Waals surface area contributed by atoms with Gasteiger partial charge >= 0.3 is 0 Å². The third-order valence-electron chi connectivity index (χ3n) is 3.74. The highest BCUT2D eigenvalue weighted by Crippen LogP contribution is 2.35. The second-order valence-corrected chi connectivity index (χ2v) is 6.02. The minimum absolute atomic E-state index is 0.00996. The summed E-state index contributed by atoms with van der Waals surface area (Å²) >= 11 is 12.5. The summed E-state index contributed by atoms with van der Waals surface area (Å²) in [5.41, 5.74) is 2.28. The summed E-state index contributed by atoms with van der Waals surface area (Å²) in [7, 11) is 0. The van der Waals surface area contributed by atoms with Crippen LogP contribution in [-0.2, 0) is 0 Å². The Morgan fingerprint density at radius 1 is 1.00 bits per heavy atom. The molecular weight excluding hydrogens is 305 g/mol. The fraction of sp³-hybridized carbons (Fsp3) is 0.235. The quantitative estimate of drug-likeness (QED) is 0.771. The lowest BCUT2D eigenvalue weighted by atomic mass is 9.98. The highest BCUT2D eigenvalue weighted by Gasteiger charge is 2.24. The van der Waals surface area contributed by atoms with E-state index in [1.807, 2.05) is 35.2 Å². The lowest BCUT2D eigenvalue weighted by molar-refractivity contribution is 0.0793. The summed E-state index contributed by atoms with van der Waals surface area (Å²) in [6, 6.07) is 13.1. The van der Waals surface area contributed by atoms with Crippen LogP contribution in [0, 0.1) is 0 Å². The summed E-state index contributed by atoms with van der Waals surface area (Å²) in [5, 5.41) is 0.999. The van der Waals surface area contributed by atoms with Gasteiger partial charge in [0.1, 0.15) is 0 Å². The lowest BCUT2D eigenvalue weighted by Crippen LogP contribution is -2.28. The van der Waals surface area contributed by atoms with Gasteiger partial charge in [0, 0.05) is 23.7 Å². The van der Waals surface area contributed by atoms with Crippen molar-refractivity contribution in [2.24, 2.45) is 0 Å². The second-order valence-electron chi connectivity index (χ2n) is 5.18. The normalized spacial score (nSPS) is 14.5. The van der Waals surface area contributed by atoms with Crippen LogP contribution in [0.25, 0.3) is 11.1 Å². The van der Waals surface area contributed by atoms with E-state index in [1.54, 1.807) is 12.1 Å². The molecule has 1 amide bonds. The van der Waals surface area contributed by atoms with Gasteiger partial charge in [-0.2, -0.15) is 0 Å². The zero-order valence-corrected chi connectivity index (χ0v) is 13.0. The molecule has 0 aromatic heterocycles. The zero-order chi connectivity index (χ0) is 14.8. The number of likely N-dealkylation sites (tertiary alicyclic amines) is 1. The van der Waals surface area contributed by atoms with E-state index in [4.69, 9.17) is 23.2 Å². The van der Waals surface area contributed by atoms with E-state index in [-0.39, 0.29) is 5.91 Å². The molecule has 1 aliphatic heterocycles. The predicted molar refractivity (Wildman–Crippen MR) is 87.0 cm³/mol. The first-order chi connectivity index (χ1) is 10.2. The Bertz CT molecular complexity index is 664. The van der Waals surface area contributed by atoms with Gasteiger partial charge in [-0.15, -0.1) is 0 Å². The molecule has 0 atom stereocenters. The van der Waals surface area contributed by atoms with Gasteiger partial charge in [0.15, 0.2) is 0 Å². The smallest absolute Gasteiger partial charge is 0.254 e. The van der Waals surface area contributed by atoms with E-state index < -0.39 is 0 Å². The van der Waals surface area contributed by atoms with Crippen molar-refractivity contribution < 1.29 is 4.79 Å². The average molecular weight is 320 g/mol. The largest absolute Gasteiger partial charge is 0.339 e. The summed E-state index contributed by atoms with van der Waals surface area (Å²) in [5.74, 6) is 0.00996. The molecule has 0 saturated carbocycles. The van der Waals surface area contributed by atoms with Gasteiger partial charge in [-0.1, -0.05) is 53.5 Å². The first-order valence-corrected chi connectivity index (χ1v) is 7.76. The van der Waals surface area contributed by atoms with Gasteiger partial charge in [-0.25, -0.2) is 0 Å². The molecule has 3 rings (SSSR count). The van der Waals surface area contributed by atoms with Gasteiger partial charge in [0.05, 0.1) is 10.6 Å². The molecule has 4 heteroatoms. The van der Waals surface area contributed by atoms with Crippen LogP contribution >= 0.6 is 23.2 Å². The first-order valence-electron chi connectivity index (χ1n) is 7.00. The maximum Gasteiger partial charge on any atom is 0.254 e. The molecule has 108 valence electrons. The van der Waals surface area contributed by atoms with Gasteiger partial charge in [-0.3, -0.25) is 4.79 Å². The molecule has 1 aliphatic rings. The predicted octanol–water partition coefficient (Wildman–Crippen LogP) is 4.90. The number of nitrogens with zero attached hydrogens (tertiary/aromatic N) is 1. The molecule has 0 bridgehead atoms. The van der Waals surface area contributed by atoms with Crippen LogP contribution in [0.5, 0.6) is 0 Å². The molecular formula is C17H15Cl2NO. The number of halogens is 2. The van der Waals surface area contributed by atoms with Crippen molar-refractivity contribution >= 4 is 29.1 Å². The van der Waals surface area contributed by atoms with Crippen LogP contribution in [0.4, 0.5) is 0 Å². The second kappa shape index (κ2) is 6.08. The number of benzene rings is 2.